The number of nitrogens with zero attached hydrogens (tertiary/aromatic N) is 5. The topological polar surface area (TPSA) is 85.8 Å². The van der Waals surface area contributed by atoms with E-state index in [0.717, 1.165) is 38.3 Å². The average Bonchev–Trinajstić information content (AvgIpc) is 3.27. The molecule has 7 heteroatoms. The Kier molecular flexibility index (Phi) is 3.39. The van der Waals surface area contributed by atoms with Gasteiger partial charge in [-0.1, -0.05) is 45.8 Å². The van der Waals surface area contributed by atoms with Gasteiger partial charge < -0.3 is 5.21 Å². The first-order valence-corrected chi connectivity index (χ1v) is 8.66. The number of benzene rings is 2. The van der Waals surface area contributed by atoms with Crippen LogP contribution in [0, 0.1) is 12.1 Å². The number of hydrogen-bond donors (Lipinski definition) is 1. The average molecular weight is 356 g/mol. The summed E-state index contributed by atoms with van der Waals surface area (Å²) in [5.41, 5.74) is 6.72. The Bertz CT molecular complexity index is 1270. The molecule has 1 N–H and O–H groups in total. The van der Waals surface area contributed by atoms with Crippen molar-refractivity contribution in [3.05, 3.63) is 82.8 Å². The minimum atomic E-state index is 0.657. The lowest BCUT2D eigenvalue weighted by atomic mass is 10.1. The minimum Gasteiger partial charge on any atom is -0.595 e. The second kappa shape index (κ2) is 5.91. The molecule has 0 aliphatic carbocycles. The first-order chi connectivity index (χ1) is 13.2. The molecule has 0 bridgehead atoms. The van der Waals surface area contributed by atoms with E-state index >= 15 is 0 Å². The van der Waals surface area contributed by atoms with Crippen LogP contribution in [0.2, 0.25) is 0 Å². The van der Waals surface area contributed by atoms with Gasteiger partial charge in [-0.2, -0.15) is 15.4 Å². The van der Waals surface area contributed by atoms with Gasteiger partial charge >= 0.3 is 0 Å². The number of H-pyrrole nitrogens is 1. The summed E-state index contributed by atoms with van der Waals surface area (Å²) >= 11 is 0. The summed E-state index contributed by atoms with van der Waals surface area (Å²) in [5.74, 6) is 0. The van der Waals surface area contributed by atoms with Crippen LogP contribution in [-0.2, 0) is 6.42 Å². The number of hydrogen-bond acceptors (Lipinski definition) is 4. The first-order valence-electron chi connectivity index (χ1n) is 8.66. The number of rotatable bonds is 3. The van der Waals surface area contributed by atoms with E-state index in [1.807, 2.05) is 49.4 Å². The van der Waals surface area contributed by atoms with E-state index in [2.05, 4.69) is 27.5 Å². The zero-order valence-electron chi connectivity index (χ0n) is 14.6. The van der Waals surface area contributed by atoms with Crippen molar-refractivity contribution in [1.82, 2.24) is 24.9 Å². The Balaban J connectivity index is 1.66. The smallest absolute Gasteiger partial charge is 0.224 e. The first kappa shape index (κ1) is 15.5. The molecule has 0 saturated carbocycles. The van der Waals surface area contributed by atoms with Gasteiger partial charge in [0.05, 0.1) is 17.5 Å². The Morgan fingerprint density at radius 2 is 1.85 bits per heavy atom. The lowest BCUT2D eigenvalue weighted by molar-refractivity contribution is -0.682. The maximum absolute atomic E-state index is 12.5. The van der Waals surface area contributed by atoms with Crippen molar-refractivity contribution < 1.29 is 4.85 Å². The van der Waals surface area contributed by atoms with Crippen LogP contribution < -0.4 is 4.85 Å². The van der Waals surface area contributed by atoms with Gasteiger partial charge in [0.15, 0.2) is 0 Å². The van der Waals surface area contributed by atoms with Crippen LogP contribution in [0.25, 0.3) is 27.9 Å². The van der Waals surface area contributed by atoms with E-state index in [9.17, 15) is 5.21 Å². The molecule has 5 aromatic rings. The summed E-state index contributed by atoms with van der Waals surface area (Å²) in [6.07, 6.45) is 2.42. The van der Waals surface area contributed by atoms with Crippen LogP contribution in [0.3, 0.4) is 0 Å². The Hall–Kier alpha value is -3.74. The van der Waals surface area contributed by atoms with Crippen molar-refractivity contribution >= 4 is 16.7 Å². The summed E-state index contributed by atoms with van der Waals surface area (Å²) in [5, 5.41) is 23.4. The van der Waals surface area contributed by atoms with Crippen molar-refractivity contribution in [1.29, 1.82) is 0 Å². The molecule has 132 valence electrons. The van der Waals surface area contributed by atoms with Crippen LogP contribution in [0.15, 0.2) is 60.8 Å². The quantitative estimate of drug-likeness (QED) is 0.398. The third-order valence-electron chi connectivity index (χ3n) is 4.84. The maximum atomic E-state index is 12.5. The van der Waals surface area contributed by atoms with Gasteiger partial charge in [-0.25, -0.2) is 4.98 Å². The lowest BCUT2D eigenvalue weighted by Gasteiger charge is -2.02. The standard InChI is InChI=1S/C20H16N6O/c1-13-16(11-14-5-3-2-4-6-14)20-21-17(9-10-25(20)26(13)27)15-7-8-18-19(12-15)23-24-22-18/h2-10,12H,11H2,1H3,(H,22,23,24). The molecule has 5 rings (SSSR count). The van der Waals surface area contributed by atoms with Crippen LogP contribution in [0.4, 0.5) is 0 Å². The highest BCUT2D eigenvalue weighted by atomic mass is 16.5. The largest absolute Gasteiger partial charge is 0.595 e. The summed E-state index contributed by atoms with van der Waals surface area (Å²) in [4.78, 5) is 5.69. The van der Waals surface area contributed by atoms with Crippen molar-refractivity contribution in [3.8, 4) is 11.3 Å². The summed E-state index contributed by atoms with van der Waals surface area (Å²) in [6.45, 7) is 1.83. The van der Waals surface area contributed by atoms with Crippen molar-refractivity contribution in [2.75, 3.05) is 0 Å². The molecule has 2 aromatic carbocycles. The molecule has 3 aromatic heterocycles. The van der Waals surface area contributed by atoms with Gasteiger partial charge in [0.2, 0.25) is 11.3 Å². The summed E-state index contributed by atoms with van der Waals surface area (Å²) < 4.78 is 1.55. The van der Waals surface area contributed by atoms with E-state index in [1.165, 1.54) is 0 Å². The number of fused-ring (bicyclic) bond motifs is 2. The van der Waals surface area contributed by atoms with Crippen LogP contribution >= 0.6 is 0 Å². The zero-order valence-corrected chi connectivity index (χ0v) is 14.6. The second-order valence-electron chi connectivity index (χ2n) is 6.51. The Morgan fingerprint density at radius 3 is 2.70 bits per heavy atom. The number of nitrogens with one attached hydrogen (secondary N) is 1. The predicted octanol–water partition coefficient (Wildman–Crippen LogP) is 2.81. The fraction of sp³-hybridized carbons (Fsp3) is 0.100. The van der Waals surface area contributed by atoms with Gasteiger partial charge in [-0.15, -0.1) is 0 Å². The van der Waals surface area contributed by atoms with E-state index in [4.69, 9.17) is 4.98 Å². The monoisotopic (exact) mass is 356 g/mol. The molecular formula is C20H16N6O. The molecule has 0 aliphatic heterocycles. The van der Waals surface area contributed by atoms with Gasteiger partial charge in [-0.3, -0.25) is 0 Å². The summed E-state index contributed by atoms with van der Waals surface area (Å²) in [6, 6.07) is 17.7. The second-order valence-corrected chi connectivity index (χ2v) is 6.51. The molecule has 0 radical (unpaired) electrons. The minimum absolute atomic E-state index is 0.657. The molecule has 0 amide bonds. The normalized spacial score (nSPS) is 11.4. The number of aromatic nitrogens is 6. The van der Waals surface area contributed by atoms with Crippen LogP contribution in [0.5, 0.6) is 0 Å². The van der Waals surface area contributed by atoms with Gasteiger partial charge in [0, 0.05) is 18.9 Å². The van der Waals surface area contributed by atoms with Crippen LogP contribution in [0.1, 0.15) is 16.8 Å². The molecule has 7 nitrogen and oxygen atoms in total. The molecule has 0 fully saturated rings. The molecule has 27 heavy (non-hydrogen) atoms. The molecule has 0 spiro atoms. The molecule has 0 saturated heterocycles. The highest BCUT2D eigenvalue weighted by Crippen LogP contribution is 2.23. The maximum Gasteiger partial charge on any atom is 0.224 e. The predicted molar refractivity (Wildman–Crippen MR) is 101 cm³/mol. The third kappa shape index (κ3) is 2.52. The van der Waals surface area contributed by atoms with Crippen molar-refractivity contribution in [3.63, 3.8) is 0 Å². The van der Waals surface area contributed by atoms with Gasteiger partial charge in [-0.05, 0) is 23.8 Å². The Labute approximate surface area is 154 Å². The highest BCUT2D eigenvalue weighted by molar-refractivity contribution is 5.80. The van der Waals surface area contributed by atoms with Gasteiger partial charge in [0.25, 0.3) is 0 Å². The van der Waals surface area contributed by atoms with Gasteiger partial charge in [0.1, 0.15) is 11.0 Å². The molecular weight excluding hydrogens is 340 g/mol. The number of aromatic amines is 1. The van der Waals surface area contributed by atoms with Crippen molar-refractivity contribution in [2.24, 2.45) is 0 Å². The van der Waals surface area contributed by atoms with E-state index in [0.29, 0.717) is 17.8 Å². The highest BCUT2D eigenvalue weighted by Gasteiger charge is 2.21. The molecule has 0 aliphatic rings. The van der Waals surface area contributed by atoms with E-state index in [1.54, 1.807) is 10.7 Å². The Morgan fingerprint density at radius 1 is 1.04 bits per heavy atom. The van der Waals surface area contributed by atoms with E-state index in [-0.39, 0.29) is 0 Å². The van der Waals surface area contributed by atoms with Crippen molar-refractivity contribution in [2.45, 2.75) is 13.3 Å². The molecule has 0 unspecified atom stereocenters. The summed E-state index contributed by atoms with van der Waals surface area (Å²) in [7, 11) is 0. The van der Waals surface area contributed by atoms with Crippen LogP contribution in [-0.4, -0.2) is 24.9 Å². The molecule has 0 atom stereocenters. The SMILES string of the molecule is Cc1c(Cc2ccccc2)c2nc(-c3ccc4n[nH]nc4c3)ccn2[n+]1[O-]. The fourth-order valence-corrected chi connectivity index (χ4v) is 3.37. The molecule has 3 heterocycles. The van der Waals surface area contributed by atoms with E-state index < -0.39 is 0 Å². The fourth-order valence-electron chi connectivity index (χ4n) is 3.37. The zero-order chi connectivity index (χ0) is 18.4. The lowest BCUT2D eigenvalue weighted by Crippen LogP contribution is -2.35. The third-order valence-corrected chi connectivity index (χ3v) is 4.84.